The van der Waals surface area contributed by atoms with Crippen molar-refractivity contribution in [1.29, 1.82) is 0 Å². The molecule has 1 heterocycles. The van der Waals surface area contributed by atoms with Crippen molar-refractivity contribution in [2.75, 3.05) is 7.11 Å². The van der Waals surface area contributed by atoms with E-state index in [4.69, 9.17) is 13.9 Å². The van der Waals surface area contributed by atoms with Crippen molar-refractivity contribution >= 4 is 16.9 Å². The lowest BCUT2D eigenvalue weighted by molar-refractivity contribution is -0.139. The summed E-state index contributed by atoms with van der Waals surface area (Å²) in [6, 6.07) is 12.2. The van der Waals surface area contributed by atoms with Crippen molar-refractivity contribution in [3.8, 4) is 22.6 Å². The predicted octanol–water partition coefficient (Wildman–Crippen LogP) is 5.26. The zero-order valence-corrected chi connectivity index (χ0v) is 16.7. The fraction of sp³-hybridized carbons (Fsp3) is 0.333. The number of benzene rings is 2. The molecule has 150 valence electrons. The maximum absolute atomic E-state index is 13.1. The van der Waals surface area contributed by atoms with E-state index in [1.807, 2.05) is 24.3 Å². The van der Waals surface area contributed by atoms with Gasteiger partial charge in [-0.3, -0.25) is 9.59 Å². The van der Waals surface area contributed by atoms with Crippen LogP contribution in [-0.2, 0) is 4.79 Å². The standard InChI is InChI=1S/C24H24O5/c1-15-22(16-8-10-18(27-2)11-9-16)23(25)20-13-12-19(14-21(20)28-15)29-24(26)17-6-4-3-5-7-17/h8-14,17H,3-7H2,1-2H3. The second kappa shape index (κ2) is 8.11. The molecule has 0 saturated heterocycles. The first-order chi connectivity index (χ1) is 14.1. The van der Waals surface area contributed by atoms with E-state index < -0.39 is 0 Å². The summed E-state index contributed by atoms with van der Waals surface area (Å²) < 4.78 is 16.7. The lowest BCUT2D eigenvalue weighted by Gasteiger charge is -2.19. The Morgan fingerprint density at radius 2 is 1.69 bits per heavy atom. The molecule has 0 unspecified atom stereocenters. The molecule has 4 rings (SSSR count). The van der Waals surface area contributed by atoms with Gasteiger partial charge in [-0.05, 0) is 49.6 Å². The van der Waals surface area contributed by atoms with Gasteiger partial charge in [-0.1, -0.05) is 31.4 Å². The average Bonchev–Trinajstić information content (AvgIpc) is 2.74. The summed E-state index contributed by atoms with van der Waals surface area (Å²) in [5.41, 5.74) is 1.59. The number of carbonyl (C=O) groups excluding carboxylic acids is 1. The van der Waals surface area contributed by atoms with Gasteiger partial charge in [0.05, 0.1) is 24.0 Å². The number of hydrogen-bond donors (Lipinski definition) is 0. The van der Waals surface area contributed by atoms with Crippen LogP contribution in [0.2, 0.25) is 0 Å². The van der Waals surface area contributed by atoms with Crippen LogP contribution < -0.4 is 14.9 Å². The van der Waals surface area contributed by atoms with Gasteiger partial charge >= 0.3 is 5.97 Å². The summed E-state index contributed by atoms with van der Waals surface area (Å²) in [5.74, 6) is 1.42. The van der Waals surface area contributed by atoms with Gasteiger partial charge in [-0.25, -0.2) is 0 Å². The molecule has 0 spiro atoms. The Kier molecular flexibility index (Phi) is 5.38. The molecule has 0 atom stereocenters. The first-order valence-electron chi connectivity index (χ1n) is 10.0. The molecule has 3 aromatic rings. The molecule has 2 aromatic carbocycles. The first-order valence-corrected chi connectivity index (χ1v) is 10.0. The van der Waals surface area contributed by atoms with Crippen LogP contribution in [0.5, 0.6) is 11.5 Å². The highest BCUT2D eigenvalue weighted by atomic mass is 16.5. The minimum absolute atomic E-state index is 0.0364. The molecule has 1 aliphatic rings. The van der Waals surface area contributed by atoms with Gasteiger partial charge in [0.25, 0.3) is 0 Å². The zero-order chi connectivity index (χ0) is 20.4. The molecule has 0 N–H and O–H groups in total. The predicted molar refractivity (Wildman–Crippen MR) is 111 cm³/mol. The Balaban J connectivity index is 1.66. The van der Waals surface area contributed by atoms with Crippen molar-refractivity contribution in [1.82, 2.24) is 0 Å². The van der Waals surface area contributed by atoms with Crippen LogP contribution in [0.3, 0.4) is 0 Å². The summed E-state index contributed by atoms with van der Waals surface area (Å²) in [6.07, 6.45) is 5.08. The molecule has 1 saturated carbocycles. The van der Waals surface area contributed by atoms with Crippen LogP contribution >= 0.6 is 0 Å². The van der Waals surface area contributed by atoms with Gasteiger partial charge in [0.15, 0.2) is 0 Å². The molecule has 1 fully saturated rings. The van der Waals surface area contributed by atoms with Gasteiger partial charge < -0.3 is 13.9 Å². The van der Waals surface area contributed by atoms with Crippen molar-refractivity contribution in [3.63, 3.8) is 0 Å². The quantitative estimate of drug-likeness (QED) is 0.447. The van der Waals surface area contributed by atoms with Crippen molar-refractivity contribution < 1.29 is 18.7 Å². The average molecular weight is 392 g/mol. The summed E-state index contributed by atoms with van der Waals surface area (Å²) >= 11 is 0. The second-order valence-electron chi connectivity index (χ2n) is 7.50. The van der Waals surface area contributed by atoms with E-state index in [2.05, 4.69) is 0 Å². The number of ether oxygens (including phenoxy) is 2. The minimum atomic E-state index is -0.196. The topological polar surface area (TPSA) is 65.7 Å². The van der Waals surface area contributed by atoms with E-state index >= 15 is 0 Å². The summed E-state index contributed by atoms with van der Waals surface area (Å²) in [4.78, 5) is 25.5. The molecule has 0 bridgehead atoms. The molecule has 29 heavy (non-hydrogen) atoms. The van der Waals surface area contributed by atoms with E-state index in [1.165, 1.54) is 6.42 Å². The van der Waals surface area contributed by atoms with E-state index in [9.17, 15) is 9.59 Å². The van der Waals surface area contributed by atoms with Crippen LogP contribution in [0.1, 0.15) is 37.9 Å². The number of esters is 1. The normalized spacial score (nSPS) is 14.7. The molecular weight excluding hydrogens is 368 g/mol. The maximum Gasteiger partial charge on any atom is 0.314 e. The Morgan fingerprint density at radius 1 is 1.00 bits per heavy atom. The van der Waals surface area contributed by atoms with Crippen molar-refractivity contribution in [2.24, 2.45) is 5.92 Å². The minimum Gasteiger partial charge on any atom is -0.497 e. The third-order valence-electron chi connectivity index (χ3n) is 5.58. The number of rotatable bonds is 4. The van der Waals surface area contributed by atoms with Gasteiger partial charge in [0.2, 0.25) is 5.43 Å². The highest BCUT2D eigenvalue weighted by Gasteiger charge is 2.23. The van der Waals surface area contributed by atoms with E-state index in [0.717, 1.165) is 37.0 Å². The highest BCUT2D eigenvalue weighted by Crippen LogP contribution is 2.29. The van der Waals surface area contributed by atoms with Gasteiger partial charge in [-0.15, -0.1) is 0 Å². The number of carbonyl (C=O) groups is 1. The molecule has 5 heteroatoms. The van der Waals surface area contributed by atoms with Crippen LogP contribution in [0.4, 0.5) is 0 Å². The number of fused-ring (bicyclic) bond motifs is 1. The van der Waals surface area contributed by atoms with E-state index in [0.29, 0.717) is 28.0 Å². The zero-order valence-electron chi connectivity index (χ0n) is 16.7. The van der Waals surface area contributed by atoms with E-state index in [-0.39, 0.29) is 17.3 Å². The molecule has 1 aliphatic carbocycles. The second-order valence-corrected chi connectivity index (χ2v) is 7.50. The smallest absolute Gasteiger partial charge is 0.314 e. The number of hydrogen-bond acceptors (Lipinski definition) is 5. The molecule has 5 nitrogen and oxygen atoms in total. The van der Waals surface area contributed by atoms with Gasteiger partial charge in [-0.2, -0.15) is 0 Å². The van der Waals surface area contributed by atoms with Crippen LogP contribution in [0.25, 0.3) is 22.1 Å². The van der Waals surface area contributed by atoms with Crippen LogP contribution in [0.15, 0.2) is 51.7 Å². The SMILES string of the molecule is COc1ccc(-c2c(C)oc3cc(OC(=O)C4CCCCC4)ccc3c2=O)cc1. The lowest BCUT2D eigenvalue weighted by atomic mass is 9.89. The lowest BCUT2D eigenvalue weighted by Crippen LogP contribution is -2.22. The monoisotopic (exact) mass is 392 g/mol. The first kappa shape index (κ1) is 19.2. The Bertz CT molecular complexity index is 1090. The number of aryl methyl sites for hydroxylation is 1. The van der Waals surface area contributed by atoms with Crippen LogP contribution in [-0.4, -0.2) is 13.1 Å². The largest absolute Gasteiger partial charge is 0.497 e. The Morgan fingerprint density at radius 3 is 2.38 bits per heavy atom. The summed E-state index contributed by atoms with van der Waals surface area (Å²) in [6.45, 7) is 1.76. The third-order valence-corrected chi connectivity index (χ3v) is 5.58. The third kappa shape index (κ3) is 3.90. The summed E-state index contributed by atoms with van der Waals surface area (Å²) in [7, 11) is 1.60. The van der Waals surface area contributed by atoms with E-state index in [1.54, 1.807) is 32.2 Å². The Labute approximate surface area is 169 Å². The van der Waals surface area contributed by atoms with Gasteiger partial charge in [0.1, 0.15) is 22.8 Å². The molecular formula is C24H24O5. The van der Waals surface area contributed by atoms with Gasteiger partial charge in [0, 0.05) is 6.07 Å². The molecule has 0 aliphatic heterocycles. The molecule has 1 aromatic heterocycles. The molecule has 0 radical (unpaired) electrons. The fourth-order valence-corrected chi connectivity index (χ4v) is 3.98. The van der Waals surface area contributed by atoms with Crippen molar-refractivity contribution in [2.45, 2.75) is 39.0 Å². The fourth-order valence-electron chi connectivity index (χ4n) is 3.98. The van der Waals surface area contributed by atoms with Crippen LogP contribution in [0, 0.1) is 12.8 Å². The summed E-state index contributed by atoms with van der Waals surface area (Å²) in [5, 5.41) is 0.457. The number of methoxy groups -OCH3 is 1. The Hall–Kier alpha value is -3.08. The molecule has 0 amide bonds. The maximum atomic E-state index is 13.1. The highest BCUT2D eigenvalue weighted by molar-refractivity contribution is 5.85. The van der Waals surface area contributed by atoms with Crippen molar-refractivity contribution in [3.05, 3.63) is 58.4 Å².